The number of amides is 2. The van der Waals surface area contributed by atoms with Gasteiger partial charge < -0.3 is 15.7 Å². The lowest BCUT2D eigenvalue weighted by atomic mass is 9.85. The van der Waals surface area contributed by atoms with Crippen molar-refractivity contribution in [1.29, 1.82) is 0 Å². The van der Waals surface area contributed by atoms with E-state index in [1.165, 1.54) is 6.42 Å². The van der Waals surface area contributed by atoms with Gasteiger partial charge in [-0.15, -0.1) is 0 Å². The van der Waals surface area contributed by atoms with Gasteiger partial charge in [-0.05, 0) is 25.2 Å². The summed E-state index contributed by atoms with van der Waals surface area (Å²) in [6.07, 6.45) is 4.77. The summed E-state index contributed by atoms with van der Waals surface area (Å²) < 4.78 is 0. The molecule has 2 amide bonds. The number of carboxylic acids is 1. The quantitative estimate of drug-likeness (QED) is 0.642. The number of rotatable bonds is 6. The van der Waals surface area contributed by atoms with Crippen LogP contribution in [0.15, 0.2) is 0 Å². The first-order valence-electron chi connectivity index (χ1n) is 5.90. The van der Waals surface area contributed by atoms with Gasteiger partial charge in [0.1, 0.15) is 6.04 Å². The standard InChI is InChI=1S/C11H20N2O3/c1-2-4-9(10(14)15)13-11(16)12-7-8-5-3-6-8/h8-9H,2-7H2,1H3,(H,14,15)(H2,12,13,16)/t9-/m0/s1. The van der Waals surface area contributed by atoms with Crippen LogP contribution in [0.3, 0.4) is 0 Å². The van der Waals surface area contributed by atoms with Crippen LogP contribution in [0.1, 0.15) is 39.0 Å². The van der Waals surface area contributed by atoms with Crippen LogP contribution in [-0.2, 0) is 4.79 Å². The zero-order chi connectivity index (χ0) is 12.0. The third kappa shape index (κ3) is 4.08. The molecule has 3 N–H and O–H groups in total. The van der Waals surface area contributed by atoms with E-state index in [0.717, 1.165) is 19.3 Å². The van der Waals surface area contributed by atoms with Gasteiger partial charge in [0, 0.05) is 6.54 Å². The van der Waals surface area contributed by atoms with E-state index in [2.05, 4.69) is 10.6 Å². The molecular weight excluding hydrogens is 208 g/mol. The van der Waals surface area contributed by atoms with E-state index >= 15 is 0 Å². The normalized spacial score (nSPS) is 17.3. The third-order valence-corrected chi connectivity index (χ3v) is 2.96. The van der Waals surface area contributed by atoms with E-state index in [1.54, 1.807) is 0 Å². The molecule has 5 nitrogen and oxygen atoms in total. The molecule has 5 heteroatoms. The van der Waals surface area contributed by atoms with Gasteiger partial charge in [0.15, 0.2) is 0 Å². The third-order valence-electron chi connectivity index (χ3n) is 2.96. The number of carbonyl (C=O) groups is 2. The number of aliphatic carboxylic acids is 1. The van der Waals surface area contributed by atoms with Crippen molar-refractivity contribution in [3.05, 3.63) is 0 Å². The average Bonchev–Trinajstić information content (AvgIpc) is 2.14. The lowest BCUT2D eigenvalue weighted by Gasteiger charge is -2.25. The second-order valence-electron chi connectivity index (χ2n) is 4.33. The molecule has 1 aliphatic carbocycles. The van der Waals surface area contributed by atoms with Crippen LogP contribution >= 0.6 is 0 Å². The minimum atomic E-state index is -0.972. The van der Waals surface area contributed by atoms with Crippen LogP contribution in [-0.4, -0.2) is 29.7 Å². The van der Waals surface area contributed by atoms with E-state index in [-0.39, 0.29) is 6.03 Å². The average molecular weight is 228 g/mol. The Labute approximate surface area is 95.6 Å². The van der Waals surface area contributed by atoms with Crippen LogP contribution in [0.25, 0.3) is 0 Å². The Morgan fingerprint density at radius 1 is 1.44 bits per heavy atom. The molecule has 1 rings (SSSR count). The molecule has 92 valence electrons. The van der Waals surface area contributed by atoms with Crippen molar-refractivity contribution in [2.45, 2.75) is 45.1 Å². The molecule has 0 saturated heterocycles. The molecule has 0 aliphatic heterocycles. The smallest absolute Gasteiger partial charge is 0.326 e. The molecule has 0 aromatic heterocycles. The van der Waals surface area contributed by atoms with Crippen molar-refractivity contribution >= 4 is 12.0 Å². The highest BCUT2D eigenvalue weighted by molar-refractivity contribution is 5.82. The topological polar surface area (TPSA) is 78.4 Å². The molecule has 16 heavy (non-hydrogen) atoms. The number of carbonyl (C=O) groups excluding carboxylic acids is 1. The largest absolute Gasteiger partial charge is 0.480 e. The maximum Gasteiger partial charge on any atom is 0.326 e. The highest BCUT2D eigenvalue weighted by atomic mass is 16.4. The van der Waals surface area contributed by atoms with Gasteiger partial charge in [0.25, 0.3) is 0 Å². The van der Waals surface area contributed by atoms with Gasteiger partial charge in [-0.1, -0.05) is 19.8 Å². The van der Waals surface area contributed by atoms with Crippen molar-refractivity contribution in [3.8, 4) is 0 Å². The van der Waals surface area contributed by atoms with Gasteiger partial charge in [-0.2, -0.15) is 0 Å². The minimum absolute atomic E-state index is 0.368. The summed E-state index contributed by atoms with van der Waals surface area (Å²) in [7, 11) is 0. The second-order valence-corrected chi connectivity index (χ2v) is 4.33. The first kappa shape index (κ1) is 12.8. The second kappa shape index (κ2) is 6.35. The fourth-order valence-corrected chi connectivity index (χ4v) is 1.69. The summed E-state index contributed by atoms with van der Waals surface area (Å²) in [5, 5.41) is 14.0. The van der Waals surface area contributed by atoms with Crippen molar-refractivity contribution in [3.63, 3.8) is 0 Å². The summed E-state index contributed by atoms with van der Waals surface area (Å²) in [6, 6.07) is -1.14. The van der Waals surface area contributed by atoms with Crippen molar-refractivity contribution in [2.24, 2.45) is 5.92 Å². The fraction of sp³-hybridized carbons (Fsp3) is 0.818. The minimum Gasteiger partial charge on any atom is -0.480 e. The number of nitrogens with one attached hydrogen (secondary N) is 2. The Bertz CT molecular complexity index is 252. The van der Waals surface area contributed by atoms with Gasteiger partial charge in [-0.25, -0.2) is 9.59 Å². The SMILES string of the molecule is CCC[C@H](NC(=O)NCC1CCC1)C(=O)O. The molecule has 1 fully saturated rings. The molecule has 0 spiro atoms. The summed E-state index contributed by atoms with van der Waals surface area (Å²) in [6.45, 7) is 2.55. The molecule has 0 aromatic carbocycles. The Morgan fingerprint density at radius 3 is 2.56 bits per heavy atom. The van der Waals surface area contributed by atoms with Gasteiger partial charge in [-0.3, -0.25) is 0 Å². The predicted molar refractivity (Wildman–Crippen MR) is 60.2 cm³/mol. The van der Waals surface area contributed by atoms with Crippen LogP contribution < -0.4 is 10.6 Å². The van der Waals surface area contributed by atoms with Gasteiger partial charge >= 0.3 is 12.0 Å². The molecule has 0 bridgehead atoms. The summed E-state index contributed by atoms with van der Waals surface area (Å²) >= 11 is 0. The highest BCUT2D eigenvalue weighted by Gasteiger charge is 2.21. The summed E-state index contributed by atoms with van der Waals surface area (Å²) in [5.41, 5.74) is 0. The molecule has 1 atom stereocenters. The fourth-order valence-electron chi connectivity index (χ4n) is 1.69. The van der Waals surface area contributed by atoms with E-state index in [1.807, 2.05) is 6.92 Å². The van der Waals surface area contributed by atoms with Crippen LogP contribution in [0.2, 0.25) is 0 Å². The molecule has 0 heterocycles. The van der Waals surface area contributed by atoms with Crippen molar-refractivity contribution in [2.75, 3.05) is 6.54 Å². The number of urea groups is 1. The maximum atomic E-state index is 11.4. The number of carboxylic acid groups (broad SMARTS) is 1. The van der Waals surface area contributed by atoms with E-state index in [0.29, 0.717) is 18.9 Å². The zero-order valence-corrected chi connectivity index (χ0v) is 9.66. The summed E-state index contributed by atoms with van der Waals surface area (Å²) in [4.78, 5) is 22.2. The Kier molecular flexibility index (Phi) is 5.08. The summed E-state index contributed by atoms with van der Waals surface area (Å²) in [5.74, 6) is -0.388. The lowest BCUT2D eigenvalue weighted by Crippen LogP contribution is -2.47. The van der Waals surface area contributed by atoms with Crippen molar-refractivity contribution in [1.82, 2.24) is 10.6 Å². The predicted octanol–water partition coefficient (Wildman–Crippen LogP) is 1.34. The van der Waals surface area contributed by atoms with Crippen LogP contribution in [0.5, 0.6) is 0 Å². The molecule has 0 aromatic rings. The van der Waals surface area contributed by atoms with Gasteiger partial charge in [0.05, 0.1) is 0 Å². The molecule has 0 unspecified atom stereocenters. The molecule has 1 aliphatic rings. The van der Waals surface area contributed by atoms with Crippen LogP contribution in [0, 0.1) is 5.92 Å². The van der Waals surface area contributed by atoms with Crippen molar-refractivity contribution < 1.29 is 14.7 Å². The number of hydrogen-bond acceptors (Lipinski definition) is 2. The zero-order valence-electron chi connectivity index (χ0n) is 9.66. The van der Waals surface area contributed by atoms with E-state index < -0.39 is 12.0 Å². The Balaban J connectivity index is 2.21. The van der Waals surface area contributed by atoms with Gasteiger partial charge in [0.2, 0.25) is 0 Å². The highest BCUT2D eigenvalue weighted by Crippen LogP contribution is 2.24. The molecular formula is C11H20N2O3. The van der Waals surface area contributed by atoms with E-state index in [9.17, 15) is 9.59 Å². The Morgan fingerprint density at radius 2 is 2.12 bits per heavy atom. The lowest BCUT2D eigenvalue weighted by molar-refractivity contribution is -0.139. The van der Waals surface area contributed by atoms with E-state index in [4.69, 9.17) is 5.11 Å². The molecule has 1 saturated carbocycles. The maximum absolute atomic E-state index is 11.4. The first-order valence-corrected chi connectivity index (χ1v) is 5.90. The first-order chi connectivity index (χ1) is 7.63. The van der Waals surface area contributed by atoms with Crippen LogP contribution in [0.4, 0.5) is 4.79 Å². The monoisotopic (exact) mass is 228 g/mol. The number of hydrogen-bond donors (Lipinski definition) is 3. The molecule has 0 radical (unpaired) electrons. The Hall–Kier alpha value is -1.26.